The molecule has 2 aromatic heterocycles. The molecule has 2 aromatic rings. The van der Waals surface area contributed by atoms with Crippen LogP contribution in [-0.2, 0) is 0 Å². The van der Waals surface area contributed by atoms with Gasteiger partial charge in [0.15, 0.2) is 4.34 Å². The summed E-state index contributed by atoms with van der Waals surface area (Å²) < 4.78 is 1.02. The zero-order chi connectivity index (χ0) is 12.3. The van der Waals surface area contributed by atoms with Crippen molar-refractivity contribution < 1.29 is 0 Å². The van der Waals surface area contributed by atoms with Gasteiger partial charge in [0, 0.05) is 29.4 Å². The highest BCUT2D eigenvalue weighted by Gasteiger charge is 2.08. The van der Waals surface area contributed by atoms with Crippen LogP contribution < -0.4 is 5.32 Å². The highest BCUT2D eigenvalue weighted by atomic mass is 32.2. The first kappa shape index (κ1) is 12.3. The van der Waals surface area contributed by atoms with Gasteiger partial charge in [0.1, 0.15) is 5.03 Å². The third-order valence-electron chi connectivity index (χ3n) is 2.04. The Morgan fingerprint density at radius 3 is 2.82 bits per heavy atom. The summed E-state index contributed by atoms with van der Waals surface area (Å²) >= 11 is 3.23. The van der Waals surface area contributed by atoms with E-state index in [2.05, 4.69) is 20.3 Å². The van der Waals surface area contributed by atoms with Gasteiger partial charge < -0.3 is 5.32 Å². The standard InChI is InChI=1S/C11H14N4S2/c1-4-12-10-13-5-7(2)9(15-10)17-11-14-8(3)6-16-11/h5-6H,4H2,1-3H3,(H,12,13,15). The molecule has 0 saturated carbocycles. The molecule has 0 aliphatic heterocycles. The average Bonchev–Trinajstić information content (AvgIpc) is 2.69. The first-order valence-electron chi connectivity index (χ1n) is 5.36. The van der Waals surface area contributed by atoms with Gasteiger partial charge in [-0.2, -0.15) is 0 Å². The van der Waals surface area contributed by atoms with E-state index in [1.54, 1.807) is 23.1 Å². The normalized spacial score (nSPS) is 10.5. The zero-order valence-corrected chi connectivity index (χ0v) is 11.7. The van der Waals surface area contributed by atoms with Crippen molar-refractivity contribution in [2.75, 3.05) is 11.9 Å². The third kappa shape index (κ3) is 3.17. The summed E-state index contributed by atoms with van der Waals surface area (Å²) in [5.74, 6) is 0.675. The van der Waals surface area contributed by atoms with Gasteiger partial charge in [0.25, 0.3) is 0 Å². The summed E-state index contributed by atoms with van der Waals surface area (Å²) in [6, 6.07) is 0. The first-order chi connectivity index (χ1) is 8.19. The Morgan fingerprint density at radius 1 is 1.35 bits per heavy atom. The molecule has 0 aliphatic carbocycles. The number of hydrogen-bond donors (Lipinski definition) is 1. The summed E-state index contributed by atoms with van der Waals surface area (Å²) in [6.45, 7) is 6.86. The van der Waals surface area contributed by atoms with Gasteiger partial charge in [-0.1, -0.05) is 0 Å². The number of nitrogens with one attached hydrogen (secondary N) is 1. The van der Waals surface area contributed by atoms with E-state index >= 15 is 0 Å². The number of aryl methyl sites for hydroxylation is 2. The Balaban J connectivity index is 2.22. The second-order valence-corrected chi connectivity index (χ2v) is 5.66. The average molecular weight is 266 g/mol. The molecule has 0 unspecified atom stereocenters. The van der Waals surface area contributed by atoms with Gasteiger partial charge in [-0.3, -0.25) is 0 Å². The molecule has 4 nitrogen and oxygen atoms in total. The molecule has 0 amide bonds. The fraction of sp³-hybridized carbons (Fsp3) is 0.364. The summed E-state index contributed by atoms with van der Waals surface area (Å²) in [6.07, 6.45) is 1.84. The topological polar surface area (TPSA) is 50.7 Å². The predicted octanol–water partition coefficient (Wildman–Crippen LogP) is 3.13. The lowest BCUT2D eigenvalue weighted by Gasteiger charge is -2.05. The highest BCUT2D eigenvalue weighted by Crippen LogP contribution is 2.31. The van der Waals surface area contributed by atoms with E-state index in [-0.39, 0.29) is 0 Å². The third-order valence-corrected chi connectivity index (χ3v) is 4.21. The quantitative estimate of drug-likeness (QED) is 0.862. The number of hydrogen-bond acceptors (Lipinski definition) is 6. The van der Waals surface area contributed by atoms with Crippen LogP contribution in [0.2, 0.25) is 0 Å². The van der Waals surface area contributed by atoms with Crippen LogP contribution in [0, 0.1) is 13.8 Å². The van der Waals surface area contributed by atoms with E-state index < -0.39 is 0 Å². The SMILES string of the molecule is CCNc1ncc(C)c(Sc2nc(C)cs2)n1. The number of thiazole rings is 1. The molecule has 0 aromatic carbocycles. The number of aromatic nitrogens is 3. The van der Waals surface area contributed by atoms with Gasteiger partial charge in [-0.15, -0.1) is 11.3 Å². The van der Waals surface area contributed by atoms with E-state index in [1.807, 2.05) is 32.3 Å². The molecular weight excluding hydrogens is 252 g/mol. The minimum Gasteiger partial charge on any atom is -0.354 e. The minimum absolute atomic E-state index is 0.675. The van der Waals surface area contributed by atoms with Crippen molar-refractivity contribution in [1.29, 1.82) is 0 Å². The van der Waals surface area contributed by atoms with Gasteiger partial charge in [0.2, 0.25) is 5.95 Å². The molecule has 90 valence electrons. The van der Waals surface area contributed by atoms with Crippen molar-refractivity contribution in [2.45, 2.75) is 30.1 Å². The maximum atomic E-state index is 4.47. The molecule has 2 rings (SSSR count). The lowest BCUT2D eigenvalue weighted by Crippen LogP contribution is -2.03. The van der Waals surface area contributed by atoms with Gasteiger partial charge >= 0.3 is 0 Å². The van der Waals surface area contributed by atoms with Crippen LogP contribution in [0.1, 0.15) is 18.2 Å². The Hall–Kier alpha value is -1.14. The second kappa shape index (κ2) is 5.46. The smallest absolute Gasteiger partial charge is 0.223 e. The van der Waals surface area contributed by atoms with Crippen molar-refractivity contribution in [3.63, 3.8) is 0 Å². The molecule has 0 saturated heterocycles. The first-order valence-corrected chi connectivity index (χ1v) is 7.06. The zero-order valence-electron chi connectivity index (χ0n) is 10.0. The summed E-state index contributed by atoms with van der Waals surface area (Å²) in [5.41, 5.74) is 2.13. The van der Waals surface area contributed by atoms with E-state index in [4.69, 9.17) is 0 Å². The largest absolute Gasteiger partial charge is 0.354 e. The van der Waals surface area contributed by atoms with Gasteiger partial charge in [-0.25, -0.2) is 15.0 Å². The maximum absolute atomic E-state index is 4.47. The number of nitrogens with zero attached hydrogens (tertiary/aromatic N) is 3. The van der Waals surface area contributed by atoms with Crippen molar-refractivity contribution in [3.8, 4) is 0 Å². The van der Waals surface area contributed by atoms with Crippen molar-refractivity contribution >= 4 is 29.0 Å². The molecule has 1 N–H and O–H groups in total. The molecule has 17 heavy (non-hydrogen) atoms. The molecule has 0 spiro atoms. The van der Waals surface area contributed by atoms with Gasteiger partial charge in [-0.05, 0) is 32.5 Å². The molecule has 2 heterocycles. The van der Waals surface area contributed by atoms with E-state index in [0.717, 1.165) is 27.2 Å². The van der Waals surface area contributed by atoms with E-state index in [0.29, 0.717) is 5.95 Å². The fourth-order valence-electron chi connectivity index (χ4n) is 1.23. The number of rotatable bonds is 4. The highest BCUT2D eigenvalue weighted by molar-refractivity contribution is 8.01. The Morgan fingerprint density at radius 2 is 2.18 bits per heavy atom. The van der Waals surface area contributed by atoms with Crippen LogP contribution in [-0.4, -0.2) is 21.5 Å². The number of anilines is 1. The Kier molecular flexibility index (Phi) is 3.96. The lowest BCUT2D eigenvalue weighted by atomic mass is 10.4. The molecule has 6 heteroatoms. The fourth-order valence-corrected chi connectivity index (χ4v) is 3.03. The molecule has 0 atom stereocenters. The Labute approximate surface area is 109 Å². The Bertz CT molecular complexity index is 510. The maximum Gasteiger partial charge on any atom is 0.223 e. The monoisotopic (exact) mass is 266 g/mol. The van der Waals surface area contributed by atoms with Crippen LogP contribution in [0.3, 0.4) is 0 Å². The minimum atomic E-state index is 0.675. The summed E-state index contributed by atoms with van der Waals surface area (Å²) in [5, 5.41) is 6.12. The van der Waals surface area contributed by atoms with Crippen LogP contribution in [0.4, 0.5) is 5.95 Å². The van der Waals surface area contributed by atoms with Crippen molar-refractivity contribution in [1.82, 2.24) is 15.0 Å². The van der Waals surface area contributed by atoms with Crippen molar-refractivity contribution in [2.24, 2.45) is 0 Å². The summed E-state index contributed by atoms with van der Waals surface area (Å²) in [4.78, 5) is 13.1. The van der Waals surface area contributed by atoms with Crippen molar-refractivity contribution in [3.05, 3.63) is 22.8 Å². The van der Waals surface area contributed by atoms with Crippen LogP contribution >= 0.6 is 23.1 Å². The van der Waals surface area contributed by atoms with E-state index in [1.165, 1.54) is 0 Å². The van der Waals surface area contributed by atoms with Gasteiger partial charge in [0.05, 0.1) is 0 Å². The van der Waals surface area contributed by atoms with Crippen LogP contribution in [0.5, 0.6) is 0 Å². The van der Waals surface area contributed by atoms with Crippen LogP contribution in [0.15, 0.2) is 20.9 Å². The predicted molar refractivity (Wildman–Crippen MR) is 71.9 cm³/mol. The van der Waals surface area contributed by atoms with E-state index in [9.17, 15) is 0 Å². The second-order valence-electron chi connectivity index (χ2n) is 3.57. The molecular formula is C11H14N4S2. The molecule has 0 fully saturated rings. The summed E-state index contributed by atoms with van der Waals surface area (Å²) in [7, 11) is 0. The molecule has 0 aliphatic rings. The van der Waals surface area contributed by atoms with Crippen LogP contribution in [0.25, 0.3) is 0 Å². The lowest BCUT2D eigenvalue weighted by molar-refractivity contribution is 0.981. The molecule has 0 bridgehead atoms. The molecule has 0 radical (unpaired) electrons.